The van der Waals surface area contributed by atoms with Crippen LogP contribution in [0.4, 0.5) is 0 Å². The lowest BCUT2D eigenvalue weighted by molar-refractivity contribution is -0.125. The van der Waals surface area contributed by atoms with Crippen molar-refractivity contribution in [2.45, 2.75) is 64.4 Å². The molecule has 0 amide bonds. The molecule has 0 unspecified atom stereocenters. The van der Waals surface area contributed by atoms with Crippen LogP contribution in [0.1, 0.15) is 58.8 Å². The number of ketones is 1. The van der Waals surface area contributed by atoms with Crippen LogP contribution in [0.3, 0.4) is 0 Å². The van der Waals surface area contributed by atoms with Gasteiger partial charge in [-0.15, -0.1) is 0 Å². The van der Waals surface area contributed by atoms with Crippen molar-refractivity contribution >= 4 is 5.78 Å². The second kappa shape index (κ2) is 4.92. The number of hydrogen-bond donors (Lipinski definition) is 1. The first-order valence-electron chi connectivity index (χ1n) is 5.76. The van der Waals surface area contributed by atoms with Gasteiger partial charge in [0.25, 0.3) is 0 Å². The maximum atomic E-state index is 11.0. The lowest BCUT2D eigenvalue weighted by Crippen LogP contribution is -2.34. The third kappa shape index (κ3) is 3.79. The zero-order valence-corrected chi connectivity index (χ0v) is 9.38. The Morgan fingerprint density at radius 1 is 1.36 bits per heavy atom. The summed E-state index contributed by atoms with van der Waals surface area (Å²) >= 11 is 0. The topological polar surface area (TPSA) is 37.3 Å². The summed E-state index contributed by atoms with van der Waals surface area (Å²) in [5, 5.41) is 10.1. The van der Waals surface area contributed by atoms with Gasteiger partial charge in [0.15, 0.2) is 0 Å². The monoisotopic (exact) mass is 198 g/mol. The highest BCUT2D eigenvalue weighted by molar-refractivity contribution is 5.79. The van der Waals surface area contributed by atoms with E-state index in [9.17, 15) is 9.90 Å². The summed E-state index contributed by atoms with van der Waals surface area (Å²) in [6.45, 7) is 4.41. The number of Topliss-reactive ketones (excluding diaryl/α,β-unsaturated/α-hetero) is 1. The molecule has 0 radical (unpaired) electrons. The van der Waals surface area contributed by atoms with Gasteiger partial charge in [0.2, 0.25) is 0 Å². The van der Waals surface area contributed by atoms with Crippen LogP contribution in [0.2, 0.25) is 0 Å². The van der Waals surface area contributed by atoms with Crippen molar-refractivity contribution < 1.29 is 9.90 Å². The number of hydrogen-bond acceptors (Lipinski definition) is 2. The van der Waals surface area contributed by atoms with Crippen molar-refractivity contribution in [2.75, 3.05) is 0 Å². The summed E-state index contributed by atoms with van der Waals surface area (Å²) in [5.41, 5.74) is -0.525. The Morgan fingerprint density at radius 2 is 1.93 bits per heavy atom. The standard InChI is InChI=1S/C12H22O2/c1-10(2)4-3-7-12(14)8-5-11(13)6-9-12/h10,14H,3-9H2,1-2H3. The predicted molar refractivity (Wildman–Crippen MR) is 57.1 cm³/mol. The van der Waals surface area contributed by atoms with Crippen LogP contribution < -0.4 is 0 Å². The van der Waals surface area contributed by atoms with Crippen LogP contribution >= 0.6 is 0 Å². The number of aliphatic hydroxyl groups is 1. The zero-order chi connectivity index (χ0) is 10.6. The van der Waals surface area contributed by atoms with Gasteiger partial charge in [0, 0.05) is 12.8 Å². The smallest absolute Gasteiger partial charge is 0.133 e. The first-order chi connectivity index (χ1) is 6.52. The van der Waals surface area contributed by atoms with Gasteiger partial charge >= 0.3 is 0 Å². The first-order valence-corrected chi connectivity index (χ1v) is 5.76. The Bertz CT molecular complexity index is 186. The van der Waals surface area contributed by atoms with Gasteiger partial charge < -0.3 is 5.11 Å². The van der Waals surface area contributed by atoms with E-state index in [1.54, 1.807) is 0 Å². The van der Waals surface area contributed by atoms with E-state index in [-0.39, 0.29) is 0 Å². The molecule has 0 saturated heterocycles. The number of carbonyl (C=O) groups is 1. The maximum Gasteiger partial charge on any atom is 0.133 e. The molecule has 0 bridgehead atoms. The third-order valence-electron chi connectivity index (χ3n) is 3.16. The zero-order valence-electron chi connectivity index (χ0n) is 9.38. The van der Waals surface area contributed by atoms with E-state index in [1.807, 2.05) is 0 Å². The largest absolute Gasteiger partial charge is 0.390 e. The SMILES string of the molecule is CC(C)CCCC1(O)CCC(=O)CC1. The molecule has 0 aliphatic heterocycles. The van der Waals surface area contributed by atoms with E-state index in [0.29, 0.717) is 37.4 Å². The molecule has 1 fully saturated rings. The Hall–Kier alpha value is -0.370. The van der Waals surface area contributed by atoms with Gasteiger partial charge in [-0.05, 0) is 25.2 Å². The predicted octanol–water partition coefficient (Wildman–Crippen LogP) is 2.69. The Labute approximate surface area is 86.7 Å². The van der Waals surface area contributed by atoms with Crippen LogP contribution in [-0.4, -0.2) is 16.5 Å². The highest BCUT2D eigenvalue weighted by Crippen LogP contribution is 2.31. The minimum atomic E-state index is -0.525. The molecule has 1 saturated carbocycles. The minimum absolute atomic E-state index is 0.318. The molecule has 1 aliphatic rings. The van der Waals surface area contributed by atoms with Gasteiger partial charge in [0.05, 0.1) is 5.60 Å². The summed E-state index contributed by atoms with van der Waals surface area (Å²) < 4.78 is 0. The molecule has 2 nitrogen and oxygen atoms in total. The molecule has 0 aromatic rings. The molecular weight excluding hydrogens is 176 g/mol. The van der Waals surface area contributed by atoms with Crippen molar-refractivity contribution in [3.8, 4) is 0 Å². The number of carbonyl (C=O) groups excluding carboxylic acids is 1. The summed E-state index contributed by atoms with van der Waals surface area (Å²) in [7, 11) is 0. The molecule has 14 heavy (non-hydrogen) atoms. The van der Waals surface area contributed by atoms with E-state index >= 15 is 0 Å². The van der Waals surface area contributed by atoms with Crippen LogP contribution in [0.25, 0.3) is 0 Å². The van der Waals surface area contributed by atoms with Gasteiger partial charge in [0.1, 0.15) is 5.78 Å². The van der Waals surface area contributed by atoms with Crippen molar-refractivity contribution in [3.05, 3.63) is 0 Å². The van der Waals surface area contributed by atoms with E-state index in [1.165, 1.54) is 6.42 Å². The van der Waals surface area contributed by atoms with Gasteiger partial charge in [-0.25, -0.2) is 0 Å². The molecule has 1 N–H and O–H groups in total. The van der Waals surface area contributed by atoms with Crippen molar-refractivity contribution in [1.29, 1.82) is 0 Å². The van der Waals surface area contributed by atoms with Gasteiger partial charge in [-0.2, -0.15) is 0 Å². The van der Waals surface area contributed by atoms with Crippen LogP contribution in [0.15, 0.2) is 0 Å². The van der Waals surface area contributed by atoms with Crippen LogP contribution in [-0.2, 0) is 4.79 Å². The fraction of sp³-hybridized carbons (Fsp3) is 0.917. The van der Waals surface area contributed by atoms with Crippen LogP contribution in [0.5, 0.6) is 0 Å². The van der Waals surface area contributed by atoms with Gasteiger partial charge in [-0.1, -0.05) is 26.7 Å². The third-order valence-corrected chi connectivity index (χ3v) is 3.16. The van der Waals surface area contributed by atoms with Crippen molar-refractivity contribution in [2.24, 2.45) is 5.92 Å². The van der Waals surface area contributed by atoms with Gasteiger partial charge in [-0.3, -0.25) is 4.79 Å². The molecule has 0 spiro atoms. The summed E-state index contributed by atoms with van der Waals surface area (Å²) in [6.07, 6.45) is 5.67. The molecule has 0 heterocycles. The molecule has 0 aromatic carbocycles. The van der Waals surface area contributed by atoms with E-state index in [2.05, 4.69) is 13.8 Å². The van der Waals surface area contributed by atoms with Crippen molar-refractivity contribution in [1.82, 2.24) is 0 Å². The molecule has 2 heteroatoms. The normalized spacial score (nSPS) is 21.6. The second-order valence-corrected chi connectivity index (χ2v) is 5.05. The Kier molecular flexibility index (Phi) is 4.11. The van der Waals surface area contributed by atoms with E-state index < -0.39 is 5.60 Å². The van der Waals surface area contributed by atoms with Crippen LogP contribution in [0, 0.1) is 5.92 Å². The quantitative estimate of drug-likeness (QED) is 0.754. The Balaban J connectivity index is 2.25. The average Bonchev–Trinajstić information content (AvgIpc) is 2.10. The summed E-state index contributed by atoms with van der Waals surface area (Å²) in [5.74, 6) is 1.03. The van der Waals surface area contributed by atoms with E-state index in [0.717, 1.165) is 12.8 Å². The van der Waals surface area contributed by atoms with E-state index in [4.69, 9.17) is 0 Å². The molecule has 0 aromatic heterocycles. The fourth-order valence-corrected chi connectivity index (χ4v) is 2.08. The summed E-state index contributed by atoms with van der Waals surface area (Å²) in [6, 6.07) is 0. The highest BCUT2D eigenvalue weighted by atomic mass is 16.3. The first kappa shape index (κ1) is 11.7. The molecule has 0 atom stereocenters. The second-order valence-electron chi connectivity index (χ2n) is 5.05. The number of rotatable bonds is 4. The lowest BCUT2D eigenvalue weighted by atomic mass is 9.80. The average molecular weight is 198 g/mol. The molecule has 1 rings (SSSR count). The summed E-state index contributed by atoms with van der Waals surface area (Å²) in [4.78, 5) is 11.0. The highest BCUT2D eigenvalue weighted by Gasteiger charge is 2.31. The molecular formula is C12H22O2. The maximum absolute atomic E-state index is 11.0. The minimum Gasteiger partial charge on any atom is -0.390 e. The fourth-order valence-electron chi connectivity index (χ4n) is 2.08. The van der Waals surface area contributed by atoms with Crippen molar-refractivity contribution in [3.63, 3.8) is 0 Å². The molecule has 82 valence electrons. The Morgan fingerprint density at radius 3 is 2.43 bits per heavy atom. The molecule has 1 aliphatic carbocycles. The lowest BCUT2D eigenvalue weighted by Gasteiger charge is -2.31.